The topological polar surface area (TPSA) is 64.6 Å². The summed E-state index contributed by atoms with van der Waals surface area (Å²) >= 11 is 3.35. The largest absolute Gasteiger partial charge is 0.491 e. The number of nitrogens with one attached hydrogen (secondary N) is 1. The summed E-state index contributed by atoms with van der Waals surface area (Å²) < 4.78 is 10.2. The summed E-state index contributed by atoms with van der Waals surface area (Å²) in [6.45, 7) is 0.595. The summed E-state index contributed by atoms with van der Waals surface area (Å²) in [5.74, 6) is 0.346. The number of alkyl halides is 1. The molecule has 0 aromatic heterocycles. The van der Waals surface area contributed by atoms with Crippen molar-refractivity contribution in [1.29, 1.82) is 0 Å². The van der Waals surface area contributed by atoms with Gasteiger partial charge in [-0.3, -0.25) is 9.59 Å². The van der Waals surface area contributed by atoms with Gasteiger partial charge in [0.25, 0.3) is 0 Å². The van der Waals surface area contributed by atoms with E-state index in [4.69, 9.17) is 4.74 Å². The average Bonchev–Trinajstić information content (AvgIpc) is 2.53. The average molecular weight is 372 g/mol. The molecule has 1 N–H and O–H groups in total. The monoisotopic (exact) mass is 371 g/mol. The highest BCUT2D eigenvalue weighted by atomic mass is 79.9. The Morgan fingerprint density at radius 2 is 1.86 bits per heavy atom. The van der Waals surface area contributed by atoms with E-state index >= 15 is 0 Å². The summed E-state index contributed by atoms with van der Waals surface area (Å²) in [6.07, 6.45) is 2.90. The summed E-state index contributed by atoms with van der Waals surface area (Å²) in [4.78, 5) is 22.9. The van der Waals surface area contributed by atoms with E-state index in [1.165, 1.54) is 7.11 Å². The number of carbonyl (C=O) groups excluding carboxylic acids is 2. The van der Waals surface area contributed by atoms with Gasteiger partial charge in [-0.1, -0.05) is 28.1 Å². The summed E-state index contributed by atoms with van der Waals surface area (Å²) in [5.41, 5.74) is 0.676. The maximum absolute atomic E-state index is 11.9. The van der Waals surface area contributed by atoms with Crippen LogP contribution in [0.1, 0.15) is 32.1 Å². The van der Waals surface area contributed by atoms with Gasteiger partial charge in [-0.25, -0.2) is 0 Å². The van der Waals surface area contributed by atoms with Crippen LogP contribution in [0.5, 0.6) is 5.75 Å². The third-order valence-electron chi connectivity index (χ3n) is 2.96. The Bertz CT molecular complexity index is 479. The number of unbranched alkanes of at least 4 members (excludes halogenated alkanes) is 1. The number of rotatable bonds is 10. The molecule has 0 bridgehead atoms. The van der Waals surface area contributed by atoms with Crippen LogP contribution in [0.4, 0.5) is 5.69 Å². The van der Waals surface area contributed by atoms with Crippen molar-refractivity contribution in [3.8, 4) is 5.75 Å². The number of hydrogen-bond acceptors (Lipinski definition) is 4. The van der Waals surface area contributed by atoms with Crippen LogP contribution in [0.15, 0.2) is 24.3 Å². The van der Waals surface area contributed by atoms with Gasteiger partial charge in [0.2, 0.25) is 5.91 Å². The molecule has 0 radical (unpaired) electrons. The Kier molecular flexibility index (Phi) is 9.30. The minimum atomic E-state index is -0.244. The fourth-order valence-electron chi connectivity index (χ4n) is 1.80. The number of esters is 1. The molecule has 1 aromatic rings. The lowest BCUT2D eigenvalue weighted by Gasteiger charge is -2.12. The first-order valence-corrected chi connectivity index (χ1v) is 8.44. The van der Waals surface area contributed by atoms with Gasteiger partial charge < -0.3 is 14.8 Å². The Hall–Kier alpha value is -1.56. The standard InChI is InChI=1S/C16H22BrNO4/c1-21-16(20)10-5-4-9-15(19)18-13-7-2-3-8-14(13)22-12-6-11-17/h2-3,7-8H,4-6,9-12H2,1H3,(H,18,19). The number of hydrogen-bond donors (Lipinski definition) is 1. The smallest absolute Gasteiger partial charge is 0.305 e. The molecule has 0 heterocycles. The van der Waals surface area contributed by atoms with Crippen LogP contribution in [-0.4, -0.2) is 30.9 Å². The van der Waals surface area contributed by atoms with E-state index in [-0.39, 0.29) is 11.9 Å². The lowest BCUT2D eigenvalue weighted by molar-refractivity contribution is -0.140. The maximum atomic E-state index is 11.9. The predicted molar refractivity (Wildman–Crippen MR) is 89.5 cm³/mol. The molecule has 0 aliphatic heterocycles. The van der Waals surface area contributed by atoms with Crippen LogP contribution >= 0.6 is 15.9 Å². The minimum absolute atomic E-state index is 0.0820. The van der Waals surface area contributed by atoms with Crippen LogP contribution in [0, 0.1) is 0 Å². The van der Waals surface area contributed by atoms with Crippen LogP contribution in [0.3, 0.4) is 0 Å². The second-order valence-electron chi connectivity index (χ2n) is 4.72. The molecule has 0 atom stereocenters. The number of carbonyl (C=O) groups is 2. The molecule has 22 heavy (non-hydrogen) atoms. The van der Waals surface area contributed by atoms with Crippen molar-refractivity contribution in [3.05, 3.63) is 24.3 Å². The SMILES string of the molecule is COC(=O)CCCCC(=O)Nc1ccccc1OCCCBr. The molecule has 6 heteroatoms. The molecule has 0 fully saturated rings. The Morgan fingerprint density at radius 1 is 1.14 bits per heavy atom. The molecule has 1 rings (SSSR count). The van der Waals surface area contributed by atoms with Crippen LogP contribution in [0.25, 0.3) is 0 Å². The quantitative estimate of drug-likeness (QED) is 0.388. The van der Waals surface area contributed by atoms with Crippen molar-refractivity contribution in [2.24, 2.45) is 0 Å². The van der Waals surface area contributed by atoms with E-state index in [9.17, 15) is 9.59 Å². The zero-order valence-corrected chi connectivity index (χ0v) is 14.4. The van der Waals surface area contributed by atoms with Gasteiger partial charge in [0, 0.05) is 18.2 Å². The lowest BCUT2D eigenvalue weighted by Crippen LogP contribution is -2.13. The molecule has 0 aliphatic carbocycles. The Balaban J connectivity index is 2.38. The van der Waals surface area contributed by atoms with Gasteiger partial charge >= 0.3 is 5.97 Å². The zero-order valence-electron chi connectivity index (χ0n) is 12.8. The summed E-state index contributed by atoms with van der Waals surface area (Å²) in [5, 5.41) is 3.72. The fourth-order valence-corrected chi connectivity index (χ4v) is 2.03. The van der Waals surface area contributed by atoms with Crippen molar-refractivity contribution in [3.63, 3.8) is 0 Å². The van der Waals surface area contributed by atoms with Crippen molar-refractivity contribution in [2.75, 3.05) is 24.4 Å². The molecule has 0 aliphatic rings. The fraction of sp³-hybridized carbons (Fsp3) is 0.500. The van der Waals surface area contributed by atoms with Crippen molar-refractivity contribution in [1.82, 2.24) is 0 Å². The highest BCUT2D eigenvalue weighted by Crippen LogP contribution is 2.24. The number of benzene rings is 1. The normalized spacial score (nSPS) is 10.1. The predicted octanol–water partition coefficient (Wildman–Crippen LogP) is 3.52. The highest BCUT2D eigenvalue weighted by Gasteiger charge is 2.08. The Labute approximate surface area is 139 Å². The van der Waals surface area contributed by atoms with Gasteiger partial charge in [0.05, 0.1) is 19.4 Å². The number of ether oxygens (including phenoxy) is 2. The molecule has 0 saturated carbocycles. The van der Waals surface area contributed by atoms with Gasteiger partial charge in [0.15, 0.2) is 0 Å². The molecule has 1 aromatic carbocycles. The minimum Gasteiger partial charge on any atom is -0.491 e. The third kappa shape index (κ3) is 7.45. The number of anilines is 1. The van der Waals surface area contributed by atoms with Gasteiger partial charge in [0.1, 0.15) is 5.75 Å². The number of methoxy groups -OCH3 is 1. The first-order chi connectivity index (χ1) is 10.7. The van der Waals surface area contributed by atoms with Gasteiger partial charge in [-0.05, 0) is 31.4 Å². The van der Waals surface area contributed by atoms with Crippen LogP contribution in [0.2, 0.25) is 0 Å². The zero-order chi connectivity index (χ0) is 16.2. The second kappa shape index (κ2) is 11.1. The van der Waals surface area contributed by atoms with Crippen molar-refractivity contribution < 1.29 is 19.1 Å². The molecular formula is C16H22BrNO4. The first-order valence-electron chi connectivity index (χ1n) is 7.32. The second-order valence-corrected chi connectivity index (χ2v) is 5.51. The van der Waals surface area contributed by atoms with E-state index in [0.717, 1.165) is 11.8 Å². The molecule has 5 nitrogen and oxygen atoms in total. The number of halogens is 1. The van der Waals surface area contributed by atoms with Crippen LogP contribution < -0.4 is 10.1 Å². The summed E-state index contributed by atoms with van der Waals surface area (Å²) in [6, 6.07) is 7.37. The first kappa shape index (κ1) is 18.5. The van der Waals surface area contributed by atoms with Gasteiger partial charge in [-0.15, -0.1) is 0 Å². The van der Waals surface area contributed by atoms with Crippen molar-refractivity contribution >= 4 is 33.5 Å². The maximum Gasteiger partial charge on any atom is 0.305 e. The van der Waals surface area contributed by atoms with E-state index in [0.29, 0.717) is 43.7 Å². The molecule has 122 valence electrons. The third-order valence-corrected chi connectivity index (χ3v) is 3.52. The van der Waals surface area contributed by atoms with E-state index in [2.05, 4.69) is 26.0 Å². The molecule has 0 saturated heterocycles. The lowest BCUT2D eigenvalue weighted by atomic mass is 10.2. The van der Waals surface area contributed by atoms with Gasteiger partial charge in [-0.2, -0.15) is 0 Å². The van der Waals surface area contributed by atoms with Crippen molar-refractivity contribution in [2.45, 2.75) is 32.1 Å². The highest BCUT2D eigenvalue weighted by molar-refractivity contribution is 9.09. The van der Waals surface area contributed by atoms with E-state index in [1.54, 1.807) is 0 Å². The number of para-hydroxylation sites is 2. The van der Waals surface area contributed by atoms with E-state index < -0.39 is 0 Å². The Morgan fingerprint density at radius 3 is 2.59 bits per heavy atom. The van der Waals surface area contributed by atoms with Crippen LogP contribution in [-0.2, 0) is 14.3 Å². The molecular weight excluding hydrogens is 350 g/mol. The molecule has 1 amide bonds. The van der Waals surface area contributed by atoms with E-state index in [1.807, 2.05) is 24.3 Å². The molecule has 0 spiro atoms. The number of amides is 1. The molecule has 0 unspecified atom stereocenters. The summed E-state index contributed by atoms with van der Waals surface area (Å²) in [7, 11) is 1.36.